The van der Waals surface area contributed by atoms with Gasteiger partial charge in [0.05, 0.1) is 17.5 Å². The van der Waals surface area contributed by atoms with Crippen LogP contribution in [0.2, 0.25) is 5.02 Å². The standard InChI is InChI=1S/C16H15ClN2O4S/c1-10(20)11-4-3-5-13(8-11)18-16(21)14-9-12(17)6-7-15(14)19-24(2,22)23/h3-9,19H,1-2H3,(H,18,21). The van der Waals surface area contributed by atoms with Gasteiger partial charge in [0.15, 0.2) is 5.78 Å². The zero-order valence-corrected chi connectivity index (χ0v) is 14.5. The van der Waals surface area contributed by atoms with Crippen LogP contribution in [0.4, 0.5) is 11.4 Å². The van der Waals surface area contributed by atoms with Crippen LogP contribution in [0.25, 0.3) is 0 Å². The minimum atomic E-state index is -3.55. The summed E-state index contributed by atoms with van der Waals surface area (Å²) in [5.74, 6) is -0.683. The molecule has 0 atom stereocenters. The predicted octanol–water partition coefficient (Wildman–Crippen LogP) is 3.17. The van der Waals surface area contributed by atoms with Gasteiger partial charge >= 0.3 is 0 Å². The lowest BCUT2D eigenvalue weighted by atomic mass is 10.1. The Morgan fingerprint density at radius 3 is 2.42 bits per heavy atom. The van der Waals surface area contributed by atoms with Gasteiger partial charge in [-0.1, -0.05) is 23.7 Å². The summed E-state index contributed by atoms with van der Waals surface area (Å²) in [7, 11) is -3.55. The molecular formula is C16H15ClN2O4S. The Morgan fingerprint density at radius 1 is 1.08 bits per heavy atom. The molecule has 0 aliphatic heterocycles. The highest BCUT2D eigenvalue weighted by Gasteiger charge is 2.15. The molecule has 2 aromatic carbocycles. The van der Waals surface area contributed by atoms with Gasteiger partial charge in [0.2, 0.25) is 10.0 Å². The maximum Gasteiger partial charge on any atom is 0.257 e. The number of Topliss-reactive ketones (excluding diaryl/α,β-unsaturated/α-hetero) is 1. The summed E-state index contributed by atoms with van der Waals surface area (Å²) in [6.07, 6.45) is 0.986. The fourth-order valence-electron chi connectivity index (χ4n) is 2.01. The van der Waals surface area contributed by atoms with Crippen LogP contribution in [0.5, 0.6) is 0 Å². The van der Waals surface area contributed by atoms with Crippen molar-refractivity contribution in [1.29, 1.82) is 0 Å². The summed E-state index contributed by atoms with van der Waals surface area (Å²) >= 11 is 5.90. The largest absolute Gasteiger partial charge is 0.322 e. The first-order valence-corrected chi connectivity index (χ1v) is 9.12. The number of ketones is 1. The van der Waals surface area contributed by atoms with E-state index in [1.807, 2.05) is 0 Å². The van der Waals surface area contributed by atoms with E-state index in [1.54, 1.807) is 18.2 Å². The molecule has 0 aliphatic carbocycles. The quantitative estimate of drug-likeness (QED) is 0.795. The van der Waals surface area contributed by atoms with Crippen LogP contribution in [0.3, 0.4) is 0 Å². The molecule has 0 fully saturated rings. The van der Waals surface area contributed by atoms with E-state index in [2.05, 4.69) is 10.0 Å². The lowest BCUT2D eigenvalue weighted by Gasteiger charge is -2.12. The summed E-state index contributed by atoms with van der Waals surface area (Å²) < 4.78 is 25.1. The van der Waals surface area contributed by atoms with Gasteiger partial charge in [-0.15, -0.1) is 0 Å². The lowest BCUT2D eigenvalue weighted by molar-refractivity contribution is 0.101. The third-order valence-electron chi connectivity index (χ3n) is 3.05. The van der Waals surface area contributed by atoms with Crippen LogP contribution in [0.1, 0.15) is 27.6 Å². The maximum atomic E-state index is 12.5. The number of amides is 1. The lowest BCUT2D eigenvalue weighted by Crippen LogP contribution is -2.17. The van der Waals surface area contributed by atoms with E-state index >= 15 is 0 Å². The van der Waals surface area contributed by atoms with Crippen molar-refractivity contribution in [2.24, 2.45) is 0 Å². The molecule has 2 rings (SSSR count). The minimum Gasteiger partial charge on any atom is -0.322 e. The Morgan fingerprint density at radius 2 is 1.79 bits per heavy atom. The zero-order valence-electron chi connectivity index (χ0n) is 13.0. The Hall–Kier alpha value is -2.38. The molecule has 0 radical (unpaired) electrons. The second kappa shape index (κ2) is 7.02. The van der Waals surface area contributed by atoms with Crippen molar-refractivity contribution in [3.8, 4) is 0 Å². The molecule has 6 nitrogen and oxygen atoms in total. The Kier molecular flexibility index (Phi) is 5.26. The molecule has 1 amide bonds. The summed E-state index contributed by atoms with van der Waals surface area (Å²) in [6, 6.07) is 10.7. The third kappa shape index (κ3) is 4.81. The number of hydrogen-bond acceptors (Lipinski definition) is 4. The van der Waals surface area contributed by atoms with Gasteiger partial charge in [0, 0.05) is 16.3 Å². The molecule has 0 aromatic heterocycles. The van der Waals surface area contributed by atoms with Crippen molar-refractivity contribution in [2.75, 3.05) is 16.3 Å². The fraction of sp³-hybridized carbons (Fsp3) is 0.125. The molecule has 0 bridgehead atoms. The van der Waals surface area contributed by atoms with Crippen molar-refractivity contribution in [2.45, 2.75) is 6.92 Å². The molecule has 0 spiro atoms. The number of anilines is 2. The predicted molar refractivity (Wildman–Crippen MR) is 94.3 cm³/mol. The van der Waals surface area contributed by atoms with E-state index in [4.69, 9.17) is 11.6 Å². The number of nitrogens with one attached hydrogen (secondary N) is 2. The molecule has 0 unspecified atom stereocenters. The normalized spacial score (nSPS) is 11.0. The molecule has 2 N–H and O–H groups in total. The first kappa shape index (κ1) is 18.0. The van der Waals surface area contributed by atoms with Crippen LogP contribution in [-0.2, 0) is 10.0 Å². The smallest absolute Gasteiger partial charge is 0.257 e. The molecule has 0 heterocycles. The van der Waals surface area contributed by atoms with Crippen molar-refractivity contribution < 1.29 is 18.0 Å². The number of carbonyl (C=O) groups is 2. The van der Waals surface area contributed by atoms with Crippen LogP contribution in [0.15, 0.2) is 42.5 Å². The van der Waals surface area contributed by atoms with Gasteiger partial charge in [0.25, 0.3) is 5.91 Å². The minimum absolute atomic E-state index is 0.0705. The molecule has 126 valence electrons. The van der Waals surface area contributed by atoms with Crippen molar-refractivity contribution in [1.82, 2.24) is 0 Å². The third-order valence-corrected chi connectivity index (χ3v) is 3.87. The average Bonchev–Trinajstić information content (AvgIpc) is 2.48. The average molecular weight is 367 g/mol. The number of rotatable bonds is 5. The van der Waals surface area contributed by atoms with E-state index in [0.717, 1.165) is 6.26 Å². The van der Waals surface area contributed by atoms with Gasteiger partial charge in [-0.25, -0.2) is 8.42 Å². The van der Waals surface area contributed by atoms with Gasteiger partial charge in [-0.05, 0) is 37.3 Å². The second-order valence-corrected chi connectivity index (χ2v) is 7.34. The van der Waals surface area contributed by atoms with Crippen molar-refractivity contribution in [3.05, 3.63) is 58.6 Å². The van der Waals surface area contributed by atoms with Crippen molar-refractivity contribution >= 4 is 44.7 Å². The van der Waals surface area contributed by atoms with E-state index in [0.29, 0.717) is 11.3 Å². The Bertz CT molecular complexity index is 910. The van der Waals surface area contributed by atoms with Gasteiger partial charge in [0.1, 0.15) is 0 Å². The highest BCUT2D eigenvalue weighted by molar-refractivity contribution is 7.92. The number of sulfonamides is 1. The van der Waals surface area contributed by atoms with Crippen LogP contribution < -0.4 is 10.0 Å². The van der Waals surface area contributed by atoms with Crippen LogP contribution in [0, 0.1) is 0 Å². The molecule has 8 heteroatoms. The van der Waals surface area contributed by atoms with E-state index in [1.165, 1.54) is 31.2 Å². The highest BCUT2D eigenvalue weighted by Crippen LogP contribution is 2.23. The van der Waals surface area contributed by atoms with Gasteiger partial charge in [-0.3, -0.25) is 14.3 Å². The molecule has 0 saturated carbocycles. The highest BCUT2D eigenvalue weighted by atomic mass is 35.5. The van der Waals surface area contributed by atoms with Crippen LogP contribution in [-0.4, -0.2) is 26.4 Å². The second-order valence-electron chi connectivity index (χ2n) is 5.16. The topological polar surface area (TPSA) is 92.3 Å². The van der Waals surface area contributed by atoms with Crippen LogP contribution >= 0.6 is 11.6 Å². The van der Waals surface area contributed by atoms with Gasteiger partial charge < -0.3 is 5.32 Å². The SMILES string of the molecule is CC(=O)c1cccc(NC(=O)c2cc(Cl)ccc2NS(C)(=O)=O)c1. The van der Waals surface area contributed by atoms with Gasteiger partial charge in [-0.2, -0.15) is 0 Å². The fourth-order valence-corrected chi connectivity index (χ4v) is 2.76. The van der Waals surface area contributed by atoms with E-state index in [9.17, 15) is 18.0 Å². The molecule has 24 heavy (non-hydrogen) atoms. The number of carbonyl (C=O) groups excluding carboxylic acids is 2. The summed E-state index contributed by atoms with van der Waals surface area (Å²) in [4.78, 5) is 23.9. The maximum absolute atomic E-state index is 12.5. The molecular weight excluding hydrogens is 352 g/mol. The van der Waals surface area contributed by atoms with E-state index < -0.39 is 15.9 Å². The number of benzene rings is 2. The first-order valence-electron chi connectivity index (χ1n) is 6.85. The molecule has 2 aromatic rings. The Balaban J connectivity index is 2.34. The summed E-state index contributed by atoms with van der Waals surface area (Å²) in [5.41, 5.74) is 1.05. The number of halogens is 1. The molecule has 0 saturated heterocycles. The monoisotopic (exact) mass is 366 g/mol. The van der Waals surface area contributed by atoms with Crippen molar-refractivity contribution in [3.63, 3.8) is 0 Å². The van der Waals surface area contributed by atoms with E-state index in [-0.39, 0.29) is 22.1 Å². The molecule has 0 aliphatic rings. The summed E-state index contributed by atoms with van der Waals surface area (Å²) in [5, 5.41) is 2.91. The summed E-state index contributed by atoms with van der Waals surface area (Å²) in [6.45, 7) is 1.42. The number of hydrogen-bond donors (Lipinski definition) is 2. The Labute approximate surface area is 144 Å². The zero-order chi connectivity index (χ0) is 17.9. The first-order chi connectivity index (χ1) is 11.2.